The number of carbonyl (C=O) groups is 1. The van der Waals surface area contributed by atoms with Crippen LogP contribution in [0, 0.1) is 0 Å². The van der Waals surface area contributed by atoms with Crippen LogP contribution in [-0.4, -0.2) is 48.8 Å². The van der Waals surface area contributed by atoms with Gasteiger partial charge in [0.1, 0.15) is 17.4 Å². The first kappa shape index (κ1) is 13.6. The van der Waals surface area contributed by atoms with Crippen LogP contribution in [-0.2, 0) is 4.79 Å². The monoisotopic (exact) mass is 244 g/mol. The first-order valence-corrected chi connectivity index (χ1v) is 4.93. The van der Waals surface area contributed by atoms with Gasteiger partial charge in [-0.3, -0.25) is 4.79 Å². The van der Waals surface area contributed by atoms with E-state index in [4.69, 9.17) is 4.74 Å². The molecule has 1 heterocycles. The van der Waals surface area contributed by atoms with Gasteiger partial charge in [0.25, 0.3) is 0 Å². The quantitative estimate of drug-likeness (QED) is 0.375. The van der Waals surface area contributed by atoms with Crippen LogP contribution in [0.1, 0.15) is 24.8 Å². The average molecular weight is 244 g/mol. The number of fused-ring (bicyclic) bond motifs is 1. The maximum absolute atomic E-state index is 11.5. The zero-order valence-corrected chi connectivity index (χ0v) is 11.4. The van der Waals surface area contributed by atoms with Gasteiger partial charge in [-0.15, -0.1) is 0 Å². The van der Waals surface area contributed by atoms with Crippen LogP contribution in [0.2, 0.25) is 0 Å². The largest absolute Gasteiger partial charge is 0.511 e. The Morgan fingerprint density at radius 1 is 1.50 bits per heavy atom. The van der Waals surface area contributed by atoms with E-state index in [2.05, 4.69) is 0 Å². The minimum absolute atomic E-state index is 0. The second-order valence-electron chi connectivity index (χ2n) is 3.43. The van der Waals surface area contributed by atoms with Crippen molar-refractivity contribution in [2.24, 2.45) is 0 Å². The van der Waals surface area contributed by atoms with E-state index in [0.717, 1.165) is 5.56 Å². The smallest absolute Gasteiger partial charge is 0.326 e. The fourth-order valence-corrected chi connectivity index (χ4v) is 1.71. The normalized spacial score (nSPS) is 18.7. The Hall–Kier alpha value is -0.510. The van der Waals surface area contributed by atoms with Crippen molar-refractivity contribution < 1.29 is 14.6 Å². The number of para-hydroxylation sites is 1. The Bertz CT molecular complexity index is 426. The Labute approximate surface area is 124 Å². The van der Waals surface area contributed by atoms with E-state index in [1.165, 1.54) is 0 Å². The third-order valence-electron chi connectivity index (χ3n) is 2.39. The second-order valence-corrected chi connectivity index (χ2v) is 3.43. The number of aliphatic hydroxyl groups is 1. The van der Waals surface area contributed by atoms with E-state index >= 15 is 0 Å². The molecule has 16 heavy (non-hydrogen) atoms. The first-order valence-electron chi connectivity index (χ1n) is 4.93. The zero-order valence-electron chi connectivity index (χ0n) is 9.14. The fourth-order valence-electron chi connectivity index (χ4n) is 1.71. The predicted octanol–water partition coefficient (Wildman–Crippen LogP) is 2.16. The van der Waals surface area contributed by atoms with Crippen LogP contribution < -0.4 is 4.74 Å². The molecule has 1 atom stereocenters. The molecule has 0 bridgehead atoms. The number of ether oxygens (including phenoxy) is 1. The molecule has 1 aromatic rings. The number of esters is 1. The molecule has 1 aromatic carbocycles. The minimum Gasteiger partial charge on any atom is -0.511 e. The van der Waals surface area contributed by atoms with Crippen molar-refractivity contribution in [3.8, 4) is 5.75 Å². The Morgan fingerprint density at radius 3 is 2.88 bits per heavy atom. The number of allylic oxidation sites excluding steroid dienone is 1. The number of hydrogen-bond acceptors (Lipinski definition) is 3. The molecule has 1 aliphatic rings. The average Bonchev–Trinajstić information content (AvgIpc) is 2.54. The molecule has 0 aliphatic carbocycles. The first-order chi connectivity index (χ1) is 7.24. The van der Waals surface area contributed by atoms with Gasteiger partial charge in [-0.2, -0.15) is 0 Å². The maximum Gasteiger partial charge on any atom is 0.326 e. The van der Waals surface area contributed by atoms with Gasteiger partial charge in [-0.25, -0.2) is 0 Å². The second kappa shape index (κ2) is 5.71. The van der Waals surface area contributed by atoms with Gasteiger partial charge in [0.15, 0.2) is 0 Å². The molecule has 1 N–H and O–H groups in total. The van der Waals surface area contributed by atoms with Crippen LogP contribution in [0.5, 0.6) is 5.75 Å². The SMILES string of the molecule is CC/C=C(\O)C1C(=O)Oc2ccccc21.[Ca]. The molecule has 0 saturated carbocycles. The standard InChI is InChI=1S/C12H12O3.Ca/c1-2-5-9(13)11-8-6-3-4-7-10(8)15-12(11)14;/h3-7,11,13H,2H2,1H3;/b9-5-;. The van der Waals surface area contributed by atoms with Crippen LogP contribution in [0.15, 0.2) is 36.1 Å². The molecular formula is C12H12CaO3. The number of hydrogen-bond donors (Lipinski definition) is 1. The van der Waals surface area contributed by atoms with E-state index in [1.807, 2.05) is 13.0 Å². The molecule has 1 unspecified atom stereocenters. The predicted molar refractivity (Wildman–Crippen MR) is 61.6 cm³/mol. The summed E-state index contributed by atoms with van der Waals surface area (Å²) >= 11 is 0. The van der Waals surface area contributed by atoms with Crippen molar-refractivity contribution in [2.75, 3.05) is 0 Å². The van der Waals surface area contributed by atoms with Gasteiger partial charge < -0.3 is 9.84 Å². The summed E-state index contributed by atoms with van der Waals surface area (Å²) in [6.07, 6.45) is 2.33. The van der Waals surface area contributed by atoms with Crippen molar-refractivity contribution >= 4 is 43.7 Å². The number of aliphatic hydroxyl groups excluding tert-OH is 1. The van der Waals surface area contributed by atoms with Crippen LogP contribution in [0.4, 0.5) is 0 Å². The topological polar surface area (TPSA) is 46.5 Å². The molecule has 4 heteroatoms. The van der Waals surface area contributed by atoms with E-state index < -0.39 is 11.9 Å². The summed E-state index contributed by atoms with van der Waals surface area (Å²) in [5.74, 6) is -0.421. The van der Waals surface area contributed by atoms with Crippen LogP contribution in [0.25, 0.3) is 0 Å². The summed E-state index contributed by atoms with van der Waals surface area (Å²) in [7, 11) is 0. The van der Waals surface area contributed by atoms with E-state index in [9.17, 15) is 9.90 Å². The van der Waals surface area contributed by atoms with E-state index in [0.29, 0.717) is 12.2 Å². The molecule has 80 valence electrons. The Kier molecular flexibility index (Phi) is 4.84. The summed E-state index contributed by atoms with van der Waals surface area (Å²) in [5.41, 5.74) is 0.740. The molecule has 3 nitrogen and oxygen atoms in total. The van der Waals surface area contributed by atoms with Crippen molar-refractivity contribution in [3.63, 3.8) is 0 Å². The van der Waals surface area contributed by atoms with Crippen LogP contribution in [0.3, 0.4) is 0 Å². The van der Waals surface area contributed by atoms with Crippen LogP contribution >= 0.6 is 0 Å². The Morgan fingerprint density at radius 2 is 2.19 bits per heavy atom. The van der Waals surface area contributed by atoms with E-state index in [1.54, 1.807) is 24.3 Å². The molecule has 0 saturated heterocycles. The summed E-state index contributed by atoms with van der Waals surface area (Å²) in [4.78, 5) is 11.5. The number of benzene rings is 1. The van der Waals surface area contributed by atoms with E-state index in [-0.39, 0.29) is 43.5 Å². The fraction of sp³-hybridized carbons (Fsp3) is 0.250. The molecule has 0 amide bonds. The summed E-state index contributed by atoms with van der Waals surface area (Å²) in [6.45, 7) is 1.91. The third kappa shape index (κ3) is 2.42. The molecule has 0 aromatic heterocycles. The molecule has 2 rings (SSSR count). The summed E-state index contributed by atoms with van der Waals surface area (Å²) in [5, 5.41) is 9.73. The molecular weight excluding hydrogens is 232 g/mol. The molecule has 2 radical (unpaired) electrons. The molecule has 1 aliphatic heterocycles. The Balaban J connectivity index is 0.00000128. The van der Waals surface area contributed by atoms with Gasteiger partial charge in [-0.1, -0.05) is 25.1 Å². The van der Waals surface area contributed by atoms with Crippen molar-refractivity contribution in [2.45, 2.75) is 19.3 Å². The third-order valence-corrected chi connectivity index (χ3v) is 2.39. The molecule has 0 fully saturated rings. The summed E-state index contributed by atoms with van der Waals surface area (Å²) in [6, 6.07) is 7.15. The summed E-state index contributed by atoms with van der Waals surface area (Å²) < 4.78 is 5.05. The molecule has 0 spiro atoms. The van der Waals surface area contributed by atoms with Gasteiger partial charge in [0, 0.05) is 43.3 Å². The van der Waals surface area contributed by atoms with Gasteiger partial charge >= 0.3 is 5.97 Å². The van der Waals surface area contributed by atoms with Crippen molar-refractivity contribution in [3.05, 3.63) is 41.7 Å². The number of carbonyl (C=O) groups excluding carboxylic acids is 1. The zero-order chi connectivity index (χ0) is 10.8. The van der Waals surface area contributed by atoms with Gasteiger partial charge in [0.05, 0.1) is 0 Å². The van der Waals surface area contributed by atoms with Gasteiger partial charge in [-0.05, 0) is 18.6 Å². The minimum atomic E-state index is -0.638. The maximum atomic E-state index is 11.5. The van der Waals surface area contributed by atoms with Crippen molar-refractivity contribution in [1.82, 2.24) is 0 Å². The van der Waals surface area contributed by atoms with Crippen molar-refractivity contribution in [1.29, 1.82) is 0 Å². The van der Waals surface area contributed by atoms with Gasteiger partial charge in [0.2, 0.25) is 0 Å². The number of rotatable bonds is 2.